The first-order chi connectivity index (χ1) is 6.02. The Hall–Kier alpha value is -0.830. The van der Waals surface area contributed by atoms with E-state index in [0.29, 0.717) is 0 Å². The standard InChI is InChI=1S/C9H9ClF2O/c1-5(2)13-9-7(11)4-3-6(10)8(9)12/h3-5H,1-2H3. The first-order valence-corrected chi connectivity index (χ1v) is 4.20. The van der Waals surface area contributed by atoms with E-state index in [4.69, 9.17) is 16.3 Å². The van der Waals surface area contributed by atoms with Crippen LogP contribution in [-0.4, -0.2) is 6.10 Å². The quantitative estimate of drug-likeness (QED) is 0.674. The van der Waals surface area contributed by atoms with Gasteiger partial charge in [0.05, 0.1) is 11.1 Å². The summed E-state index contributed by atoms with van der Waals surface area (Å²) < 4.78 is 31.0. The lowest BCUT2D eigenvalue weighted by atomic mass is 10.3. The van der Waals surface area contributed by atoms with E-state index in [1.165, 1.54) is 0 Å². The second-order valence-corrected chi connectivity index (χ2v) is 3.25. The van der Waals surface area contributed by atoms with Gasteiger partial charge in [0.15, 0.2) is 17.4 Å². The van der Waals surface area contributed by atoms with E-state index in [1.807, 2.05) is 0 Å². The molecule has 1 rings (SSSR count). The van der Waals surface area contributed by atoms with Crippen LogP contribution in [-0.2, 0) is 0 Å². The molecule has 0 unspecified atom stereocenters. The highest BCUT2D eigenvalue weighted by Gasteiger charge is 2.14. The van der Waals surface area contributed by atoms with Gasteiger partial charge in [0, 0.05) is 0 Å². The van der Waals surface area contributed by atoms with Gasteiger partial charge in [-0.2, -0.15) is 0 Å². The molecule has 0 atom stereocenters. The van der Waals surface area contributed by atoms with Crippen molar-refractivity contribution >= 4 is 11.6 Å². The average molecular weight is 207 g/mol. The highest BCUT2D eigenvalue weighted by Crippen LogP contribution is 2.28. The van der Waals surface area contributed by atoms with Crippen molar-refractivity contribution in [2.45, 2.75) is 20.0 Å². The van der Waals surface area contributed by atoms with Crippen LogP contribution >= 0.6 is 11.6 Å². The second-order valence-electron chi connectivity index (χ2n) is 2.84. The molecule has 0 spiro atoms. The van der Waals surface area contributed by atoms with Crippen molar-refractivity contribution in [2.75, 3.05) is 0 Å². The number of benzene rings is 1. The Bertz CT molecular complexity index is 313. The van der Waals surface area contributed by atoms with Crippen LogP contribution in [0.25, 0.3) is 0 Å². The van der Waals surface area contributed by atoms with Crippen LogP contribution < -0.4 is 4.74 Å². The minimum Gasteiger partial charge on any atom is -0.485 e. The van der Waals surface area contributed by atoms with Gasteiger partial charge in [-0.15, -0.1) is 0 Å². The summed E-state index contributed by atoms with van der Waals surface area (Å²) in [7, 11) is 0. The third-order valence-corrected chi connectivity index (χ3v) is 1.65. The molecule has 1 aromatic carbocycles. The number of halogens is 3. The molecule has 1 nitrogen and oxygen atoms in total. The van der Waals surface area contributed by atoms with E-state index in [0.717, 1.165) is 12.1 Å². The van der Waals surface area contributed by atoms with E-state index in [2.05, 4.69) is 0 Å². The van der Waals surface area contributed by atoms with Crippen molar-refractivity contribution in [3.63, 3.8) is 0 Å². The summed E-state index contributed by atoms with van der Waals surface area (Å²) in [5.74, 6) is -2.01. The third kappa shape index (κ3) is 2.31. The highest BCUT2D eigenvalue weighted by molar-refractivity contribution is 6.30. The van der Waals surface area contributed by atoms with Gasteiger partial charge in [0.25, 0.3) is 0 Å². The summed E-state index contributed by atoms with van der Waals surface area (Å²) in [6.07, 6.45) is -0.289. The Morgan fingerprint density at radius 3 is 2.46 bits per heavy atom. The summed E-state index contributed by atoms with van der Waals surface area (Å²) in [5.41, 5.74) is 0. The van der Waals surface area contributed by atoms with E-state index >= 15 is 0 Å². The summed E-state index contributed by atoms with van der Waals surface area (Å²) in [6, 6.07) is 2.22. The molecule has 0 radical (unpaired) electrons. The molecule has 0 saturated heterocycles. The van der Waals surface area contributed by atoms with Gasteiger partial charge in [-0.3, -0.25) is 0 Å². The zero-order valence-corrected chi connectivity index (χ0v) is 8.03. The monoisotopic (exact) mass is 206 g/mol. The number of hydrogen-bond donors (Lipinski definition) is 0. The van der Waals surface area contributed by atoms with Crippen LogP contribution in [0.1, 0.15) is 13.8 Å². The van der Waals surface area contributed by atoms with Gasteiger partial charge in [0.2, 0.25) is 0 Å². The Kier molecular flexibility index (Phi) is 3.09. The van der Waals surface area contributed by atoms with Crippen molar-refractivity contribution in [1.82, 2.24) is 0 Å². The molecule has 0 amide bonds. The fraction of sp³-hybridized carbons (Fsp3) is 0.333. The Balaban J connectivity index is 3.10. The molecule has 0 fully saturated rings. The van der Waals surface area contributed by atoms with Crippen molar-refractivity contribution in [3.05, 3.63) is 28.8 Å². The number of hydrogen-bond acceptors (Lipinski definition) is 1. The maximum atomic E-state index is 13.1. The molecule has 0 heterocycles. The Labute approximate surface area is 80.3 Å². The van der Waals surface area contributed by atoms with Crippen LogP contribution in [0.2, 0.25) is 5.02 Å². The third-order valence-electron chi connectivity index (χ3n) is 1.36. The maximum Gasteiger partial charge on any atom is 0.192 e. The lowest BCUT2D eigenvalue weighted by Gasteiger charge is -2.11. The van der Waals surface area contributed by atoms with Crippen LogP contribution in [0.4, 0.5) is 8.78 Å². The van der Waals surface area contributed by atoms with Crippen molar-refractivity contribution in [1.29, 1.82) is 0 Å². The van der Waals surface area contributed by atoms with E-state index in [-0.39, 0.29) is 11.1 Å². The zero-order valence-electron chi connectivity index (χ0n) is 7.27. The molecular formula is C9H9ClF2O. The predicted octanol–water partition coefficient (Wildman–Crippen LogP) is 3.41. The molecule has 0 aromatic heterocycles. The molecule has 0 saturated carbocycles. The largest absolute Gasteiger partial charge is 0.485 e. The first-order valence-electron chi connectivity index (χ1n) is 3.82. The smallest absolute Gasteiger partial charge is 0.192 e. The summed E-state index contributed by atoms with van der Waals surface area (Å²) in [4.78, 5) is 0. The fourth-order valence-corrected chi connectivity index (χ4v) is 1.00. The minimum absolute atomic E-state index is 0.142. The second kappa shape index (κ2) is 3.92. The molecule has 0 aliphatic rings. The van der Waals surface area contributed by atoms with Crippen molar-refractivity contribution < 1.29 is 13.5 Å². The fourth-order valence-electron chi connectivity index (χ4n) is 0.852. The summed E-state index contributed by atoms with van der Waals surface area (Å²) >= 11 is 5.45. The van der Waals surface area contributed by atoms with Gasteiger partial charge in [0.1, 0.15) is 0 Å². The molecule has 0 aliphatic carbocycles. The van der Waals surface area contributed by atoms with Gasteiger partial charge in [-0.1, -0.05) is 11.6 Å². The number of rotatable bonds is 2. The van der Waals surface area contributed by atoms with Crippen molar-refractivity contribution in [3.8, 4) is 5.75 Å². The van der Waals surface area contributed by atoms with Crippen LogP contribution in [0.5, 0.6) is 5.75 Å². The van der Waals surface area contributed by atoms with Gasteiger partial charge in [-0.25, -0.2) is 8.78 Å². The SMILES string of the molecule is CC(C)Oc1c(F)ccc(Cl)c1F. The lowest BCUT2D eigenvalue weighted by Crippen LogP contribution is -2.08. The lowest BCUT2D eigenvalue weighted by molar-refractivity contribution is 0.219. The van der Waals surface area contributed by atoms with E-state index in [9.17, 15) is 8.78 Å². The predicted molar refractivity (Wildman–Crippen MR) is 47.1 cm³/mol. The summed E-state index contributed by atoms with van der Waals surface area (Å²) in [6.45, 7) is 3.36. The van der Waals surface area contributed by atoms with E-state index in [1.54, 1.807) is 13.8 Å². The summed E-state index contributed by atoms with van der Waals surface area (Å²) in [5, 5.41) is -0.142. The van der Waals surface area contributed by atoms with Gasteiger partial charge >= 0.3 is 0 Å². The van der Waals surface area contributed by atoms with Gasteiger partial charge in [-0.05, 0) is 26.0 Å². The molecule has 72 valence electrons. The average Bonchev–Trinajstić information content (AvgIpc) is 2.05. The molecule has 0 N–H and O–H groups in total. The van der Waals surface area contributed by atoms with Crippen LogP contribution in [0.15, 0.2) is 12.1 Å². The maximum absolute atomic E-state index is 13.1. The minimum atomic E-state index is -0.852. The van der Waals surface area contributed by atoms with Gasteiger partial charge < -0.3 is 4.74 Å². The van der Waals surface area contributed by atoms with Crippen LogP contribution in [0, 0.1) is 11.6 Å². The first kappa shape index (κ1) is 10.3. The molecule has 0 aliphatic heterocycles. The normalized spacial score (nSPS) is 10.6. The molecule has 0 bridgehead atoms. The molecular weight excluding hydrogens is 198 g/mol. The molecule has 13 heavy (non-hydrogen) atoms. The Morgan fingerprint density at radius 2 is 1.92 bits per heavy atom. The highest BCUT2D eigenvalue weighted by atomic mass is 35.5. The van der Waals surface area contributed by atoms with Crippen molar-refractivity contribution in [2.24, 2.45) is 0 Å². The van der Waals surface area contributed by atoms with E-state index < -0.39 is 17.4 Å². The zero-order chi connectivity index (χ0) is 10.0. The number of ether oxygens (including phenoxy) is 1. The molecule has 1 aromatic rings. The van der Waals surface area contributed by atoms with Crippen LogP contribution in [0.3, 0.4) is 0 Å². The topological polar surface area (TPSA) is 9.23 Å². The Morgan fingerprint density at radius 1 is 1.31 bits per heavy atom. The molecule has 4 heteroatoms.